The minimum absolute atomic E-state index is 0.485. The average Bonchev–Trinajstić information content (AvgIpc) is 2.17. The molecular formula is C10H10ClNO2. The third-order valence-electron chi connectivity index (χ3n) is 2.43. The summed E-state index contributed by atoms with van der Waals surface area (Å²) in [6.45, 7) is 0. The molecule has 0 saturated carbocycles. The Balaban J connectivity index is 2.31. The van der Waals surface area contributed by atoms with E-state index in [2.05, 4.69) is 5.32 Å². The monoisotopic (exact) mass is 211 g/mol. The van der Waals surface area contributed by atoms with Crippen molar-refractivity contribution in [2.24, 2.45) is 0 Å². The van der Waals surface area contributed by atoms with Crippen LogP contribution >= 0.6 is 11.6 Å². The lowest BCUT2D eigenvalue weighted by Gasteiger charge is -2.24. The smallest absolute Gasteiger partial charge is 0.326 e. The Hall–Kier alpha value is -1.22. The van der Waals surface area contributed by atoms with Crippen LogP contribution in [-0.2, 0) is 11.2 Å². The summed E-state index contributed by atoms with van der Waals surface area (Å²) in [5, 5.41) is 12.5. The maximum Gasteiger partial charge on any atom is 0.326 e. The van der Waals surface area contributed by atoms with Gasteiger partial charge in [0.2, 0.25) is 0 Å². The lowest BCUT2D eigenvalue weighted by Crippen LogP contribution is -2.33. The summed E-state index contributed by atoms with van der Waals surface area (Å²) in [4.78, 5) is 10.8. The number of halogens is 1. The molecule has 1 aliphatic rings. The van der Waals surface area contributed by atoms with Crippen LogP contribution in [0, 0.1) is 0 Å². The van der Waals surface area contributed by atoms with Crippen molar-refractivity contribution in [1.82, 2.24) is 0 Å². The van der Waals surface area contributed by atoms with Crippen molar-refractivity contribution in [2.75, 3.05) is 5.32 Å². The molecule has 4 heteroatoms. The van der Waals surface area contributed by atoms with Gasteiger partial charge in [0.1, 0.15) is 6.04 Å². The van der Waals surface area contributed by atoms with Crippen molar-refractivity contribution >= 4 is 23.3 Å². The summed E-state index contributed by atoms with van der Waals surface area (Å²) in [7, 11) is 0. The minimum Gasteiger partial charge on any atom is -0.480 e. The Morgan fingerprint density at radius 3 is 3.07 bits per heavy atom. The van der Waals surface area contributed by atoms with Crippen molar-refractivity contribution in [3.8, 4) is 0 Å². The molecule has 0 spiro atoms. The molecule has 3 nitrogen and oxygen atoms in total. The fourth-order valence-corrected chi connectivity index (χ4v) is 1.95. The lowest BCUT2D eigenvalue weighted by atomic mass is 9.98. The van der Waals surface area contributed by atoms with Crippen LogP contribution in [0.1, 0.15) is 12.0 Å². The van der Waals surface area contributed by atoms with Gasteiger partial charge in [-0.3, -0.25) is 0 Å². The summed E-state index contributed by atoms with van der Waals surface area (Å²) in [6, 6.07) is 5.01. The van der Waals surface area contributed by atoms with Crippen LogP contribution in [0.15, 0.2) is 18.2 Å². The number of carbonyl (C=O) groups is 1. The molecule has 1 atom stereocenters. The van der Waals surface area contributed by atoms with E-state index in [1.54, 1.807) is 0 Å². The highest BCUT2D eigenvalue weighted by molar-refractivity contribution is 6.31. The lowest BCUT2D eigenvalue weighted by molar-refractivity contribution is -0.138. The molecule has 1 aromatic carbocycles. The molecule has 1 heterocycles. The second-order valence-corrected chi connectivity index (χ2v) is 3.75. The van der Waals surface area contributed by atoms with Gasteiger partial charge in [0.15, 0.2) is 0 Å². The summed E-state index contributed by atoms with van der Waals surface area (Å²) in [6.07, 6.45) is 1.31. The standard InChI is InChI=1S/C10H10ClNO2/c11-7-2-1-3-8-6(7)4-5-9(12-8)10(13)14/h1-3,9,12H,4-5H2,(H,13,14). The topological polar surface area (TPSA) is 49.3 Å². The molecular weight excluding hydrogens is 202 g/mol. The van der Waals surface area contributed by atoms with Crippen molar-refractivity contribution in [2.45, 2.75) is 18.9 Å². The first-order valence-electron chi connectivity index (χ1n) is 4.45. The Kier molecular flexibility index (Phi) is 2.33. The van der Waals surface area contributed by atoms with Crippen LogP contribution < -0.4 is 5.32 Å². The molecule has 74 valence electrons. The van der Waals surface area contributed by atoms with E-state index in [-0.39, 0.29) is 0 Å². The molecule has 0 aromatic heterocycles. The molecule has 14 heavy (non-hydrogen) atoms. The van der Waals surface area contributed by atoms with Crippen molar-refractivity contribution in [3.63, 3.8) is 0 Å². The van der Waals surface area contributed by atoms with Crippen molar-refractivity contribution in [1.29, 1.82) is 0 Å². The second kappa shape index (κ2) is 3.50. The number of hydrogen-bond donors (Lipinski definition) is 2. The summed E-state index contributed by atoms with van der Waals surface area (Å²) >= 11 is 5.98. The van der Waals surface area contributed by atoms with Crippen LogP contribution in [0.25, 0.3) is 0 Å². The molecule has 1 unspecified atom stereocenters. The zero-order valence-electron chi connectivity index (χ0n) is 7.46. The predicted molar refractivity (Wildman–Crippen MR) is 54.8 cm³/mol. The van der Waals surface area contributed by atoms with Crippen molar-refractivity contribution in [3.05, 3.63) is 28.8 Å². The van der Waals surface area contributed by atoms with E-state index in [0.717, 1.165) is 17.7 Å². The summed E-state index contributed by atoms with van der Waals surface area (Å²) in [5.41, 5.74) is 1.86. The molecule has 2 N–H and O–H groups in total. The molecule has 0 radical (unpaired) electrons. The fourth-order valence-electron chi connectivity index (χ4n) is 1.68. The molecule has 2 rings (SSSR count). The number of benzene rings is 1. The maximum absolute atomic E-state index is 10.8. The first-order valence-corrected chi connectivity index (χ1v) is 4.83. The van der Waals surface area contributed by atoms with Crippen molar-refractivity contribution < 1.29 is 9.90 Å². The number of fused-ring (bicyclic) bond motifs is 1. The van der Waals surface area contributed by atoms with E-state index in [4.69, 9.17) is 16.7 Å². The Bertz CT molecular complexity index is 378. The zero-order chi connectivity index (χ0) is 10.1. The SMILES string of the molecule is O=C(O)C1CCc2c(Cl)cccc2N1. The van der Waals surface area contributed by atoms with E-state index in [0.29, 0.717) is 11.4 Å². The first-order chi connectivity index (χ1) is 6.68. The number of aliphatic carboxylic acids is 1. The molecule has 1 aromatic rings. The number of hydrogen-bond acceptors (Lipinski definition) is 2. The van der Waals surface area contributed by atoms with Crippen LogP contribution in [0.2, 0.25) is 5.02 Å². The van der Waals surface area contributed by atoms with Gasteiger partial charge in [-0.25, -0.2) is 4.79 Å². The Morgan fingerprint density at radius 1 is 1.57 bits per heavy atom. The third-order valence-corrected chi connectivity index (χ3v) is 2.78. The molecule has 0 aliphatic carbocycles. The Labute approximate surface area is 86.7 Å². The quantitative estimate of drug-likeness (QED) is 0.749. The highest BCUT2D eigenvalue weighted by Gasteiger charge is 2.24. The maximum atomic E-state index is 10.8. The third kappa shape index (κ3) is 1.55. The fraction of sp³-hybridized carbons (Fsp3) is 0.300. The zero-order valence-corrected chi connectivity index (χ0v) is 8.21. The number of carboxylic acids is 1. The number of rotatable bonds is 1. The predicted octanol–water partition coefficient (Wildman–Crippen LogP) is 2.15. The van der Waals surface area contributed by atoms with Gasteiger partial charge in [0.25, 0.3) is 0 Å². The molecule has 0 saturated heterocycles. The van der Waals surface area contributed by atoms with Gasteiger partial charge in [-0.05, 0) is 30.5 Å². The van der Waals surface area contributed by atoms with Gasteiger partial charge in [-0.2, -0.15) is 0 Å². The van der Waals surface area contributed by atoms with Gasteiger partial charge < -0.3 is 10.4 Å². The highest BCUT2D eigenvalue weighted by atomic mass is 35.5. The van der Waals surface area contributed by atoms with Gasteiger partial charge >= 0.3 is 5.97 Å². The van der Waals surface area contributed by atoms with E-state index in [9.17, 15) is 4.79 Å². The minimum atomic E-state index is -0.810. The van der Waals surface area contributed by atoms with E-state index in [1.807, 2.05) is 18.2 Å². The number of carboxylic acid groups (broad SMARTS) is 1. The van der Waals surface area contributed by atoms with Gasteiger partial charge in [0, 0.05) is 10.7 Å². The molecule has 1 aliphatic heterocycles. The van der Waals surface area contributed by atoms with Crippen LogP contribution in [-0.4, -0.2) is 17.1 Å². The van der Waals surface area contributed by atoms with E-state index >= 15 is 0 Å². The second-order valence-electron chi connectivity index (χ2n) is 3.34. The van der Waals surface area contributed by atoms with Crippen LogP contribution in [0.5, 0.6) is 0 Å². The Morgan fingerprint density at radius 2 is 2.36 bits per heavy atom. The number of nitrogens with one attached hydrogen (secondary N) is 1. The van der Waals surface area contributed by atoms with E-state index in [1.165, 1.54) is 0 Å². The molecule has 0 bridgehead atoms. The molecule has 0 fully saturated rings. The number of anilines is 1. The van der Waals surface area contributed by atoms with Crippen LogP contribution in [0.3, 0.4) is 0 Å². The molecule has 0 amide bonds. The normalized spacial score (nSPS) is 19.6. The average molecular weight is 212 g/mol. The van der Waals surface area contributed by atoms with Crippen LogP contribution in [0.4, 0.5) is 5.69 Å². The summed E-state index contributed by atoms with van der Waals surface area (Å²) in [5.74, 6) is -0.810. The first kappa shape index (κ1) is 9.34. The summed E-state index contributed by atoms with van der Waals surface area (Å²) < 4.78 is 0. The van der Waals surface area contributed by atoms with Gasteiger partial charge in [-0.15, -0.1) is 0 Å². The largest absolute Gasteiger partial charge is 0.480 e. The van der Waals surface area contributed by atoms with E-state index < -0.39 is 12.0 Å². The van der Waals surface area contributed by atoms with Gasteiger partial charge in [-0.1, -0.05) is 17.7 Å². The van der Waals surface area contributed by atoms with Gasteiger partial charge in [0.05, 0.1) is 0 Å². The highest BCUT2D eigenvalue weighted by Crippen LogP contribution is 2.30.